The molecule has 4 heteroatoms. The molecule has 0 saturated carbocycles. The van der Waals surface area contributed by atoms with Gasteiger partial charge in [-0.1, -0.05) is 13.8 Å². The van der Waals surface area contributed by atoms with Crippen LogP contribution in [0.25, 0.3) is 0 Å². The molecule has 1 amide bonds. The van der Waals surface area contributed by atoms with Gasteiger partial charge in [0.1, 0.15) is 0 Å². The third-order valence-corrected chi connectivity index (χ3v) is 3.74. The number of carbonyl (C=O) groups is 1. The predicted molar refractivity (Wildman–Crippen MR) is 60.8 cm³/mol. The highest BCUT2D eigenvalue weighted by atomic mass is 16.2. The molecule has 1 heterocycles. The number of rotatable bonds is 3. The van der Waals surface area contributed by atoms with E-state index in [0.717, 1.165) is 25.9 Å². The Morgan fingerprint density at radius 1 is 1.36 bits per heavy atom. The first kappa shape index (κ1) is 11.6. The third kappa shape index (κ3) is 2.11. The van der Waals surface area contributed by atoms with Crippen molar-refractivity contribution in [2.75, 3.05) is 19.6 Å². The van der Waals surface area contributed by atoms with E-state index in [1.54, 1.807) is 0 Å². The summed E-state index contributed by atoms with van der Waals surface area (Å²) >= 11 is 0. The smallest absolute Gasteiger partial charge is 0.224 e. The molecule has 0 atom stereocenters. The van der Waals surface area contributed by atoms with Crippen LogP contribution in [0, 0.1) is 0 Å². The van der Waals surface area contributed by atoms with Crippen molar-refractivity contribution in [1.82, 2.24) is 9.71 Å². The zero-order valence-electron chi connectivity index (χ0n) is 9.84. The van der Waals surface area contributed by atoms with E-state index in [0.29, 0.717) is 6.54 Å². The van der Waals surface area contributed by atoms with Crippen LogP contribution >= 0.6 is 0 Å². The summed E-state index contributed by atoms with van der Waals surface area (Å²) in [6.45, 7) is 9.13. The van der Waals surface area contributed by atoms with Crippen LogP contribution in [0.5, 0.6) is 0 Å². The summed E-state index contributed by atoms with van der Waals surface area (Å²) in [5.74, 6) is 0.254. The monoisotopic (exact) mass is 196 g/mol. The van der Waals surface area contributed by atoms with E-state index in [4.69, 9.17) is 0 Å². The summed E-state index contributed by atoms with van der Waals surface area (Å²) in [4.78, 5) is 15.7. The van der Waals surface area contributed by atoms with Crippen LogP contribution in [-0.4, -0.2) is 48.8 Å². The molecule has 0 N–H and O–H groups in total. The Labute approximate surface area is 87.9 Å². The summed E-state index contributed by atoms with van der Waals surface area (Å²) in [5.41, 5.74) is 0.205. The normalized spacial score (nSPS) is 20.2. The quantitative estimate of drug-likeness (QED) is 0.604. The highest BCUT2D eigenvalue weighted by Gasteiger charge is 2.32. The number of hydrogen-bond donors (Lipinski definition) is 0. The Morgan fingerprint density at radius 3 is 2.36 bits per heavy atom. The Hall–Kier alpha value is -0.505. The van der Waals surface area contributed by atoms with E-state index in [1.807, 2.05) is 12.8 Å². The minimum atomic E-state index is 0.205. The van der Waals surface area contributed by atoms with Gasteiger partial charge >= 0.3 is 0 Å². The van der Waals surface area contributed by atoms with Crippen molar-refractivity contribution in [2.45, 2.75) is 39.2 Å². The topological polar surface area (TPSA) is 23.6 Å². The van der Waals surface area contributed by atoms with Crippen molar-refractivity contribution in [2.24, 2.45) is 0 Å². The van der Waals surface area contributed by atoms with Gasteiger partial charge in [-0.05, 0) is 19.8 Å². The largest absolute Gasteiger partial charge is 0.391 e. The molecule has 1 saturated heterocycles. The molecule has 1 rings (SSSR count). The second-order valence-corrected chi connectivity index (χ2v) is 4.44. The van der Waals surface area contributed by atoms with Crippen molar-refractivity contribution >= 4 is 13.9 Å². The van der Waals surface area contributed by atoms with Gasteiger partial charge < -0.3 is 4.81 Å². The van der Waals surface area contributed by atoms with Crippen LogP contribution in [0.4, 0.5) is 0 Å². The lowest BCUT2D eigenvalue weighted by Crippen LogP contribution is -2.57. The minimum absolute atomic E-state index is 0.205. The van der Waals surface area contributed by atoms with Crippen LogP contribution in [0.1, 0.15) is 33.6 Å². The molecular weight excluding hydrogens is 175 g/mol. The van der Waals surface area contributed by atoms with Gasteiger partial charge in [-0.15, -0.1) is 0 Å². The van der Waals surface area contributed by atoms with Crippen molar-refractivity contribution in [3.63, 3.8) is 0 Å². The van der Waals surface area contributed by atoms with Gasteiger partial charge in [0.2, 0.25) is 13.9 Å². The van der Waals surface area contributed by atoms with E-state index in [-0.39, 0.29) is 11.4 Å². The number of nitrogens with zero attached hydrogens (tertiary/aromatic N) is 2. The molecule has 0 radical (unpaired) electrons. The molecule has 1 fully saturated rings. The molecule has 14 heavy (non-hydrogen) atoms. The molecule has 1 aliphatic heterocycles. The number of hydrogen-bond acceptors (Lipinski definition) is 2. The maximum absolute atomic E-state index is 11.6. The Bertz CT molecular complexity index is 216. The van der Waals surface area contributed by atoms with E-state index >= 15 is 0 Å². The van der Waals surface area contributed by atoms with Gasteiger partial charge in [-0.2, -0.15) is 0 Å². The lowest BCUT2D eigenvalue weighted by molar-refractivity contribution is -0.133. The molecule has 0 spiro atoms. The average molecular weight is 196 g/mol. The van der Waals surface area contributed by atoms with Crippen molar-refractivity contribution < 1.29 is 4.79 Å². The van der Waals surface area contributed by atoms with E-state index < -0.39 is 0 Å². The van der Waals surface area contributed by atoms with Crippen LogP contribution in [0.15, 0.2) is 0 Å². The Balaban J connectivity index is 2.66. The first-order valence-electron chi connectivity index (χ1n) is 5.52. The molecule has 0 bridgehead atoms. The lowest BCUT2D eigenvalue weighted by atomic mass is 9.92. The van der Waals surface area contributed by atoms with E-state index in [2.05, 4.69) is 25.7 Å². The fraction of sp³-hybridized carbons (Fsp3) is 0.900. The molecule has 0 aromatic heterocycles. The highest BCUT2D eigenvalue weighted by Crippen LogP contribution is 2.24. The summed E-state index contributed by atoms with van der Waals surface area (Å²) < 4.78 is 0. The summed E-state index contributed by atoms with van der Waals surface area (Å²) in [5, 5.41) is 0. The SMILES string of the molecule is BN1CCN(C(C)(CC)CC)CC1=O. The van der Waals surface area contributed by atoms with Gasteiger partial charge in [0.05, 0.1) is 6.54 Å². The van der Waals surface area contributed by atoms with Gasteiger partial charge in [-0.25, -0.2) is 0 Å². The fourth-order valence-corrected chi connectivity index (χ4v) is 1.92. The lowest BCUT2D eigenvalue weighted by Gasteiger charge is -2.44. The predicted octanol–water partition coefficient (Wildman–Crippen LogP) is 0.257. The van der Waals surface area contributed by atoms with E-state index in [9.17, 15) is 4.79 Å². The maximum atomic E-state index is 11.6. The first-order chi connectivity index (χ1) is 6.53. The number of piperazine rings is 1. The Morgan fingerprint density at radius 2 is 1.93 bits per heavy atom. The summed E-state index contributed by atoms with van der Waals surface area (Å²) in [7, 11) is 1.88. The van der Waals surface area contributed by atoms with Crippen molar-refractivity contribution in [3.8, 4) is 0 Å². The maximum Gasteiger partial charge on any atom is 0.224 e. The second kappa shape index (κ2) is 4.34. The van der Waals surface area contributed by atoms with Gasteiger partial charge in [0.15, 0.2) is 0 Å². The van der Waals surface area contributed by atoms with Gasteiger partial charge in [0, 0.05) is 18.6 Å². The zero-order valence-corrected chi connectivity index (χ0v) is 9.84. The average Bonchev–Trinajstić information content (AvgIpc) is 2.21. The van der Waals surface area contributed by atoms with Crippen molar-refractivity contribution in [3.05, 3.63) is 0 Å². The third-order valence-electron chi connectivity index (χ3n) is 3.74. The highest BCUT2D eigenvalue weighted by molar-refractivity contribution is 6.14. The second-order valence-electron chi connectivity index (χ2n) is 4.44. The molecule has 0 aromatic carbocycles. The van der Waals surface area contributed by atoms with Crippen LogP contribution < -0.4 is 0 Å². The zero-order chi connectivity index (χ0) is 10.8. The fourth-order valence-electron chi connectivity index (χ4n) is 1.92. The van der Waals surface area contributed by atoms with Gasteiger partial charge in [-0.3, -0.25) is 9.69 Å². The molecule has 80 valence electrons. The van der Waals surface area contributed by atoms with Gasteiger partial charge in [0.25, 0.3) is 0 Å². The molecule has 0 aliphatic carbocycles. The molecule has 0 unspecified atom stereocenters. The number of amides is 1. The standard InChI is InChI=1S/C10H21BN2O/c1-4-10(3,5-2)12-6-7-13(11)9(14)8-12/h4-8,11H2,1-3H3. The Kier molecular flexibility index (Phi) is 3.59. The van der Waals surface area contributed by atoms with Crippen LogP contribution in [0.2, 0.25) is 0 Å². The molecule has 1 aliphatic rings. The summed E-state index contributed by atoms with van der Waals surface area (Å²) in [6, 6.07) is 0. The first-order valence-corrected chi connectivity index (χ1v) is 5.52. The van der Waals surface area contributed by atoms with Crippen molar-refractivity contribution in [1.29, 1.82) is 0 Å². The molecular formula is C10H21BN2O. The van der Waals surface area contributed by atoms with Crippen LogP contribution in [0.3, 0.4) is 0 Å². The summed E-state index contributed by atoms with van der Waals surface area (Å²) in [6.07, 6.45) is 2.22. The molecule has 0 aromatic rings. The minimum Gasteiger partial charge on any atom is -0.391 e. The van der Waals surface area contributed by atoms with Crippen LogP contribution in [-0.2, 0) is 4.79 Å². The van der Waals surface area contributed by atoms with E-state index in [1.165, 1.54) is 0 Å². The number of carbonyl (C=O) groups excluding carboxylic acids is 1. The molecule has 3 nitrogen and oxygen atoms in total.